The summed E-state index contributed by atoms with van der Waals surface area (Å²) in [5.41, 5.74) is 5.66. The minimum Gasteiger partial charge on any atom is -0.374 e. The molecule has 0 spiro atoms. The fourth-order valence-electron chi connectivity index (χ4n) is 1.07. The zero-order valence-corrected chi connectivity index (χ0v) is 6.29. The standard InChI is InChI=1S/C6H13NO3/c1-8-6(9-2)4-10-3-5(6)7/h5H,3-4,7H2,1-2H3/t5-/m1/s1. The lowest BCUT2D eigenvalue weighted by molar-refractivity contribution is -0.209. The lowest BCUT2D eigenvalue weighted by Crippen LogP contribution is -2.50. The maximum Gasteiger partial charge on any atom is 0.209 e. The first-order valence-corrected chi connectivity index (χ1v) is 3.19. The zero-order chi connectivity index (χ0) is 7.61. The minimum atomic E-state index is -0.708. The van der Waals surface area contributed by atoms with Gasteiger partial charge < -0.3 is 19.9 Å². The number of rotatable bonds is 2. The summed E-state index contributed by atoms with van der Waals surface area (Å²) >= 11 is 0. The Hall–Kier alpha value is -0.160. The first kappa shape index (κ1) is 7.94. The molecule has 0 aromatic carbocycles. The zero-order valence-electron chi connectivity index (χ0n) is 6.29. The van der Waals surface area contributed by atoms with E-state index in [2.05, 4.69) is 0 Å². The van der Waals surface area contributed by atoms with Crippen molar-refractivity contribution in [1.29, 1.82) is 0 Å². The van der Waals surface area contributed by atoms with Gasteiger partial charge in [0.15, 0.2) is 0 Å². The van der Waals surface area contributed by atoms with Gasteiger partial charge in [-0.25, -0.2) is 0 Å². The molecule has 10 heavy (non-hydrogen) atoms. The Kier molecular flexibility index (Phi) is 2.25. The second kappa shape index (κ2) is 2.84. The Morgan fingerprint density at radius 2 is 2.10 bits per heavy atom. The summed E-state index contributed by atoms with van der Waals surface area (Å²) < 4.78 is 15.3. The topological polar surface area (TPSA) is 53.7 Å². The normalized spacial score (nSPS) is 30.9. The number of ether oxygens (including phenoxy) is 3. The highest BCUT2D eigenvalue weighted by atomic mass is 16.7. The molecule has 1 saturated heterocycles. The molecule has 60 valence electrons. The lowest BCUT2D eigenvalue weighted by Gasteiger charge is -2.27. The smallest absolute Gasteiger partial charge is 0.209 e. The van der Waals surface area contributed by atoms with Crippen molar-refractivity contribution < 1.29 is 14.2 Å². The molecule has 2 N–H and O–H groups in total. The van der Waals surface area contributed by atoms with Crippen LogP contribution in [0.15, 0.2) is 0 Å². The second-order valence-electron chi connectivity index (χ2n) is 2.34. The predicted molar refractivity (Wildman–Crippen MR) is 35.5 cm³/mol. The molecular weight excluding hydrogens is 134 g/mol. The molecule has 1 fully saturated rings. The Morgan fingerprint density at radius 1 is 1.50 bits per heavy atom. The van der Waals surface area contributed by atoms with Gasteiger partial charge in [-0.1, -0.05) is 0 Å². The van der Waals surface area contributed by atoms with E-state index in [1.54, 1.807) is 14.2 Å². The molecule has 4 heteroatoms. The van der Waals surface area contributed by atoms with Gasteiger partial charge >= 0.3 is 0 Å². The minimum absolute atomic E-state index is 0.178. The van der Waals surface area contributed by atoms with Gasteiger partial charge in [0.25, 0.3) is 0 Å². The fraction of sp³-hybridized carbons (Fsp3) is 1.00. The Labute approximate surface area is 60.2 Å². The highest BCUT2D eigenvalue weighted by molar-refractivity contribution is 4.87. The number of hydrogen-bond acceptors (Lipinski definition) is 4. The average Bonchev–Trinajstić information content (AvgIpc) is 2.32. The van der Waals surface area contributed by atoms with E-state index in [4.69, 9.17) is 19.9 Å². The molecule has 1 heterocycles. The van der Waals surface area contributed by atoms with Gasteiger partial charge in [-0.15, -0.1) is 0 Å². The monoisotopic (exact) mass is 147 g/mol. The van der Waals surface area contributed by atoms with Crippen LogP contribution in [0.4, 0.5) is 0 Å². The number of hydrogen-bond donors (Lipinski definition) is 1. The Bertz CT molecular complexity index is 114. The molecule has 0 unspecified atom stereocenters. The fourth-order valence-corrected chi connectivity index (χ4v) is 1.07. The molecule has 1 atom stereocenters. The van der Waals surface area contributed by atoms with Gasteiger partial charge in [0.2, 0.25) is 5.79 Å². The summed E-state index contributed by atoms with van der Waals surface area (Å²) in [6.07, 6.45) is 0. The van der Waals surface area contributed by atoms with Crippen LogP contribution < -0.4 is 5.73 Å². The van der Waals surface area contributed by atoms with E-state index in [0.29, 0.717) is 13.2 Å². The first-order valence-electron chi connectivity index (χ1n) is 3.19. The summed E-state index contributed by atoms with van der Waals surface area (Å²) in [5.74, 6) is -0.708. The predicted octanol–water partition coefficient (Wildman–Crippen LogP) is -0.667. The molecule has 0 saturated carbocycles. The van der Waals surface area contributed by atoms with Gasteiger partial charge in [-0.2, -0.15) is 0 Å². The highest BCUT2D eigenvalue weighted by Crippen LogP contribution is 2.21. The third kappa shape index (κ3) is 1.03. The summed E-state index contributed by atoms with van der Waals surface area (Å²) in [7, 11) is 3.14. The summed E-state index contributed by atoms with van der Waals surface area (Å²) in [6.45, 7) is 0.919. The number of methoxy groups -OCH3 is 2. The van der Waals surface area contributed by atoms with Crippen LogP contribution in [0.1, 0.15) is 0 Å². The molecule has 0 amide bonds. The maximum atomic E-state index is 5.66. The van der Waals surface area contributed by atoms with Gasteiger partial charge in [0, 0.05) is 14.2 Å². The second-order valence-corrected chi connectivity index (χ2v) is 2.34. The number of nitrogens with two attached hydrogens (primary N) is 1. The van der Waals surface area contributed by atoms with E-state index in [1.165, 1.54) is 0 Å². The first-order chi connectivity index (χ1) is 4.75. The van der Waals surface area contributed by atoms with Crippen molar-refractivity contribution in [1.82, 2.24) is 0 Å². The van der Waals surface area contributed by atoms with Gasteiger partial charge in [-0.3, -0.25) is 0 Å². The molecule has 1 aliphatic rings. The van der Waals surface area contributed by atoms with Crippen LogP contribution in [0.2, 0.25) is 0 Å². The van der Waals surface area contributed by atoms with E-state index in [9.17, 15) is 0 Å². The molecule has 0 aliphatic carbocycles. The average molecular weight is 147 g/mol. The van der Waals surface area contributed by atoms with E-state index in [-0.39, 0.29) is 6.04 Å². The van der Waals surface area contributed by atoms with Crippen LogP contribution in [0.3, 0.4) is 0 Å². The summed E-state index contributed by atoms with van der Waals surface area (Å²) in [4.78, 5) is 0. The van der Waals surface area contributed by atoms with Gasteiger partial charge in [0.1, 0.15) is 6.61 Å². The molecule has 0 bridgehead atoms. The Morgan fingerprint density at radius 3 is 2.30 bits per heavy atom. The largest absolute Gasteiger partial charge is 0.374 e. The van der Waals surface area contributed by atoms with Crippen molar-refractivity contribution in [3.63, 3.8) is 0 Å². The SMILES string of the molecule is COC1(OC)COC[C@H]1N. The van der Waals surface area contributed by atoms with Crippen LogP contribution in [-0.2, 0) is 14.2 Å². The van der Waals surface area contributed by atoms with Crippen molar-refractivity contribution in [2.24, 2.45) is 5.73 Å². The van der Waals surface area contributed by atoms with E-state index >= 15 is 0 Å². The van der Waals surface area contributed by atoms with Crippen LogP contribution in [0.5, 0.6) is 0 Å². The summed E-state index contributed by atoms with van der Waals surface area (Å²) in [5, 5.41) is 0. The van der Waals surface area contributed by atoms with Crippen molar-refractivity contribution in [2.45, 2.75) is 11.8 Å². The molecule has 1 aliphatic heterocycles. The van der Waals surface area contributed by atoms with E-state index < -0.39 is 5.79 Å². The third-order valence-electron chi connectivity index (χ3n) is 1.86. The molecule has 4 nitrogen and oxygen atoms in total. The van der Waals surface area contributed by atoms with Crippen molar-refractivity contribution in [2.75, 3.05) is 27.4 Å². The third-order valence-corrected chi connectivity index (χ3v) is 1.86. The Balaban J connectivity index is 2.61. The summed E-state index contributed by atoms with van der Waals surface area (Å²) in [6, 6.07) is -0.178. The van der Waals surface area contributed by atoms with Crippen LogP contribution >= 0.6 is 0 Å². The van der Waals surface area contributed by atoms with Gasteiger partial charge in [-0.05, 0) is 0 Å². The van der Waals surface area contributed by atoms with Crippen LogP contribution in [0.25, 0.3) is 0 Å². The molecule has 0 aromatic rings. The van der Waals surface area contributed by atoms with E-state index in [1.807, 2.05) is 0 Å². The highest BCUT2D eigenvalue weighted by Gasteiger charge is 2.42. The van der Waals surface area contributed by atoms with E-state index in [0.717, 1.165) is 0 Å². The molecule has 0 aromatic heterocycles. The van der Waals surface area contributed by atoms with Gasteiger partial charge in [0.05, 0.1) is 12.6 Å². The maximum absolute atomic E-state index is 5.66. The molecule has 1 rings (SSSR count). The van der Waals surface area contributed by atoms with Crippen molar-refractivity contribution in [3.8, 4) is 0 Å². The van der Waals surface area contributed by atoms with Crippen LogP contribution in [-0.4, -0.2) is 39.3 Å². The molecule has 0 radical (unpaired) electrons. The van der Waals surface area contributed by atoms with Crippen molar-refractivity contribution in [3.05, 3.63) is 0 Å². The van der Waals surface area contributed by atoms with Crippen LogP contribution in [0, 0.1) is 0 Å². The van der Waals surface area contributed by atoms with Crippen molar-refractivity contribution >= 4 is 0 Å². The quantitative estimate of drug-likeness (QED) is 0.526. The lowest BCUT2D eigenvalue weighted by atomic mass is 10.2. The molecular formula is C6H13NO3.